The van der Waals surface area contributed by atoms with Crippen LogP contribution < -0.4 is 5.32 Å². The molecular formula is C29H25NO5. The van der Waals surface area contributed by atoms with Gasteiger partial charge in [0.25, 0.3) is 0 Å². The number of rotatable bonds is 7. The quantitative estimate of drug-likeness (QED) is 0.304. The molecule has 6 heteroatoms. The zero-order chi connectivity index (χ0) is 24.4. The fourth-order valence-electron chi connectivity index (χ4n) is 4.28. The number of carbonyl (C=O) groups is 2. The van der Waals surface area contributed by atoms with Crippen molar-refractivity contribution in [3.05, 3.63) is 102 Å². The predicted molar refractivity (Wildman–Crippen MR) is 133 cm³/mol. The van der Waals surface area contributed by atoms with Crippen LogP contribution >= 0.6 is 0 Å². The third kappa shape index (κ3) is 4.55. The molecule has 35 heavy (non-hydrogen) atoms. The van der Waals surface area contributed by atoms with Crippen molar-refractivity contribution in [1.29, 1.82) is 0 Å². The Balaban J connectivity index is 1.27. The number of benzene rings is 3. The Morgan fingerprint density at radius 2 is 1.49 bits per heavy atom. The van der Waals surface area contributed by atoms with Gasteiger partial charge < -0.3 is 14.3 Å². The highest BCUT2D eigenvalue weighted by Gasteiger charge is 2.51. The lowest BCUT2D eigenvalue weighted by molar-refractivity contribution is -0.140. The summed E-state index contributed by atoms with van der Waals surface area (Å²) in [5.41, 5.74) is 4.70. The SMILES string of the molecule is C[C@@H](OC(=O)Nc1occc1-c1ccc(-c2ccc(C3(C(=O)O)CC3)cc2)cc1)c1ccccc1. The van der Waals surface area contributed by atoms with Crippen molar-refractivity contribution in [2.75, 3.05) is 5.32 Å². The van der Waals surface area contributed by atoms with Gasteiger partial charge in [0.1, 0.15) is 6.10 Å². The van der Waals surface area contributed by atoms with Gasteiger partial charge in [0.15, 0.2) is 0 Å². The summed E-state index contributed by atoms with van der Waals surface area (Å²) in [4.78, 5) is 24.0. The first-order valence-corrected chi connectivity index (χ1v) is 11.5. The van der Waals surface area contributed by atoms with Gasteiger partial charge >= 0.3 is 12.1 Å². The molecule has 1 amide bonds. The highest BCUT2D eigenvalue weighted by molar-refractivity contribution is 5.89. The average Bonchev–Trinajstić information content (AvgIpc) is 3.58. The maximum atomic E-state index is 12.4. The fourth-order valence-corrected chi connectivity index (χ4v) is 4.28. The number of aliphatic carboxylic acids is 1. The summed E-state index contributed by atoms with van der Waals surface area (Å²) in [6, 6.07) is 26.9. The standard InChI is InChI=1S/C29H25NO5/c1-19(20-5-3-2-4-6-20)35-28(33)30-26-25(15-18-34-26)23-9-7-21(8-10-23)22-11-13-24(14-12-22)29(16-17-29)27(31)32/h2-15,18-19H,16-17H2,1H3,(H,30,33)(H,31,32)/t19-/m1/s1. The van der Waals surface area contributed by atoms with E-state index in [0.717, 1.165) is 33.4 Å². The van der Waals surface area contributed by atoms with Gasteiger partial charge in [-0.05, 0) is 53.6 Å². The van der Waals surface area contributed by atoms with E-state index in [1.807, 2.05) is 85.8 Å². The summed E-state index contributed by atoms with van der Waals surface area (Å²) in [6.07, 6.45) is 1.91. The van der Waals surface area contributed by atoms with E-state index in [-0.39, 0.29) is 0 Å². The highest BCUT2D eigenvalue weighted by Crippen LogP contribution is 2.48. The van der Waals surface area contributed by atoms with Crippen LogP contribution in [-0.4, -0.2) is 17.2 Å². The number of carboxylic acids is 1. The molecule has 0 bridgehead atoms. The summed E-state index contributed by atoms with van der Waals surface area (Å²) in [7, 11) is 0. The van der Waals surface area contributed by atoms with E-state index < -0.39 is 23.6 Å². The number of hydrogen-bond donors (Lipinski definition) is 2. The molecule has 1 fully saturated rings. The summed E-state index contributed by atoms with van der Waals surface area (Å²) >= 11 is 0. The number of furan rings is 1. The lowest BCUT2D eigenvalue weighted by atomic mass is 9.93. The highest BCUT2D eigenvalue weighted by atomic mass is 16.6. The molecule has 1 saturated carbocycles. The largest absolute Gasteiger partial charge is 0.481 e. The van der Waals surface area contributed by atoms with E-state index in [0.29, 0.717) is 18.7 Å². The normalized spacial score (nSPS) is 14.7. The first kappa shape index (κ1) is 22.5. The van der Waals surface area contributed by atoms with Crippen LogP contribution in [0.4, 0.5) is 10.7 Å². The summed E-state index contributed by atoms with van der Waals surface area (Å²) in [6.45, 7) is 1.81. The number of nitrogens with one attached hydrogen (secondary N) is 1. The first-order valence-electron chi connectivity index (χ1n) is 11.5. The molecule has 2 N–H and O–H groups in total. The maximum absolute atomic E-state index is 12.4. The van der Waals surface area contributed by atoms with Gasteiger partial charge in [-0.25, -0.2) is 4.79 Å². The molecule has 0 aliphatic heterocycles. The molecule has 4 aromatic rings. The molecular weight excluding hydrogens is 442 g/mol. The zero-order valence-electron chi connectivity index (χ0n) is 19.2. The molecule has 0 radical (unpaired) electrons. The lowest BCUT2D eigenvalue weighted by Gasteiger charge is -2.14. The van der Waals surface area contributed by atoms with Gasteiger partial charge in [-0.15, -0.1) is 0 Å². The molecule has 176 valence electrons. The number of carbonyl (C=O) groups excluding carboxylic acids is 1. The summed E-state index contributed by atoms with van der Waals surface area (Å²) in [5, 5.41) is 12.2. The Labute approximate surface area is 203 Å². The lowest BCUT2D eigenvalue weighted by Crippen LogP contribution is -2.19. The second-order valence-corrected chi connectivity index (χ2v) is 8.79. The van der Waals surface area contributed by atoms with Gasteiger partial charge in [-0.2, -0.15) is 0 Å². The number of ether oxygens (including phenoxy) is 1. The van der Waals surface area contributed by atoms with Gasteiger partial charge in [-0.3, -0.25) is 10.1 Å². The van der Waals surface area contributed by atoms with Crippen molar-refractivity contribution in [1.82, 2.24) is 0 Å². The number of hydrogen-bond acceptors (Lipinski definition) is 4. The number of amides is 1. The van der Waals surface area contributed by atoms with E-state index in [2.05, 4.69) is 5.32 Å². The zero-order valence-corrected chi connectivity index (χ0v) is 19.2. The fraction of sp³-hybridized carbons (Fsp3) is 0.172. The Bertz CT molecular complexity index is 1340. The van der Waals surface area contributed by atoms with Crippen LogP contribution in [0.5, 0.6) is 0 Å². The van der Waals surface area contributed by atoms with Crippen molar-refractivity contribution in [3.63, 3.8) is 0 Å². The molecule has 3 aromatic carbocycles. The minimum atomic E-state index is -0.752. The number of anilines is 1. The van der Waals surface area contributed by atoms with Gasteiger partial charge in [0.05, 0.1) is 11.7 Å². The Hall–Kier alpha value is -4.32. The summed E-state index contributed by atoms with van der Waals surface area (Å²) in [5.74, 6) is -0.437. The van der Waals surface area contributed by atoms with Crippen LogP contribution in [0.25, 0.3) is 22.3 Å². The molecule has 0 spiro atoms. The molecule has 6 nitrogen and oxygen atoms in total. The molecule has 5 rings (SSSR count). The van der Waals surface area contributed by atoms with Crippen molar-refractivity contribution in [2.24, 2.45) is 0 Å². The Morgan fingerprint density at radius 1 is 0.886 bits per heavy atom. The van der Waals surface area contributed by atoms with Gasteiger partial charge in [0, 0.05) is 5.56 Å². The predicted octanol–water partition coefficient (Wildman–Crippen LogP) is 7.04. The van der Waals surface area contributed by atoms with E-state index in [1.165, 1.54) is 6.26 Å². The molecule has 1 aliphatic carbocycles. The van der Waals surface area contributed by atoms with Crippen LogP contribution in [0.2, 0.25) is 0 Å². The van der Waals surface area contributed by atoms with E-state index in [9.17, 15) is 14.7 Å². The molecule has 1 aliphatic rings. The Morgan fingerprint density at radius 3 is 2.09 bits per heavy atom. The molecule has 1 aromatic heterocycles. The smallest absolute Gasteiger partial charge is 0.414 e. The third-order valence-corrected chi connectivity index (χ3v) is 6.56. The third-order valence-electron chi connectivity index (χ3n) is 6.56. The Kier molecular flexibility index (Phi) is 5.87. The van der Waals surface area contributed by atoms with Crippen molar-refractivity contribution in [2.45, 2.75) is 31.3 Å². The molecule has 0 saturated heterocycles. The number of carboxylic acid groups (broad SMARTS) is 1. The van der Waals surface area contributed by atoms with E-state index in [4.69, 9.17) is 9.15 Å². The minimum absolute atomic E-state index is 0.316. The molecule has 0 unspecified atom stereocenters. The van der Waals surface area contributed by atoms with Crippen LogP contribution in [0.1, 0.15) is 37.0 Å². The molecule has 1 atom stereocenters. The molecule has 1 heterocycles. The van der Waals surface area contributed by atoms with Crippen molar-refractivity contribution < 1.29 is 23.8 Å². The van der Waals surface area contributed by atoms with Crippen LogP contribution in [0.3, 0.4) is 0 Å². The van der Waals surface area contributed by atoms with E-state index >= 15 is 0 Å². The van der Waals surface area contributed by atoms with Crippen molar-refractivity contribution in [3.8, 4) is 22.3 Å². The van der Waals surface area contributed by atoms with Crippen molar-refractivity contribution >= 4 is 17.9 Å². The topological polar surface area (TPSA) is 88.8 Å². The first-order chi connectivity index (χ1) is 17.0. The van der Waals surface area contributed by atoms with Gasteiger partial charge in [0.2, 0.25) is 5.88 Å². The van der Waals surface area contributed by atoms with Crippen LogP contribution in [0.15, 0.2) is 95.6 Å². The second kappa shape index (κ2) is 9.14. The monoisotopic (exact) mass is 467 g/mol. The minimum Gasteiger partial charge on any atom is -0.481 e. The second-order valence-electron chi connectivity index (χ2n) is 8.79. The van der Waals surface area contributed by atoms with Crippen LogP contribution in [-0.2, 0) is 14.9 Å². The van der Waals surface area contributed by atoms with Crippen LogP contribution in [0, 0.1) is 0 Å². The summed E-state index contributed by atoms with van der Waals surface area (Å²) < 4.78 is 11.0. The maximum Gasteiger partial charge on any atom is 0.414 e. The van der Waals surface area contributed by atoms with Gasteiger partial charge in [-0.1, -0.05) is 78.9 Å². The average molecular weight is 468 g/mol. The van der Waals surface area contributed by atoms with E-state index in [1.54, 1.807) is 6.07 Å².